The number of esters is 1. The SMILES string of the molecule is CC(=O)Oc1c(C(=O)c2ccc(Cl)c(F)c2)[nH]c2cc(Cl)ccc12. The van der Waals surface area contributed by atoms with E-state index in [4.69, 9.17) is 27.9 Å². The summed E-state index contributed by atoms with van der Waals surface area (Å²) in [6.45, 7) is 1.23. The molecule has 4 nitrogen and oxygen atoms in total. The van der Waals surface area contributed by atoms with Gasteiger partial charge >= 0.3 is 5.97 Å². The van der Waals surface area contributed by atoms with Crippen LogP contribution in [0, 0.1) is 5.82 Å². The van der Waals surface area contributed by atoms with E-state index in [1.54, 1.807) is 18.2 Å². The number of carbonyl (C=O) groups excluding carboxylic acids is 2. The van der Waals surface area contributed by atoms with Crippen LogP contribution in [0.15, 0.2) is 36.4 Å². The van der Waals surface area contributed by atoms with Crippen LogP contribution in [0.4, 0.5) is 4.39 Å². The van der Waals surface area contributed by atoms with Crippen molar-refractivity contribution in [1.29, 1.82) is 0 Å². The van der Waals surface area contributed by atoms with Crippen molar-refractivity contribution >= 4 is 45.9 Å². The highest BCUT2D eigenvalue weighted by atomic mass is 35.5. The van der Waals surface area contributed by atoms with Gasteiger partial charge in [0.05, 0.1) is 10.5 Å². The molecule has 0 saturated heterocycles. The minimum absolute atomic E-state index is 0.0317. The summed E-state index contributed by atoms with van der Waals surface area (Å²) in [7, 11) is 0. The molecule has 3 aromatic rings. The van der Waals surface area contributed by atoms with E-state index in [2.05, 4.69) is 4.98 Å². The van der Waals surface area contributed by atoms with E-state index in [0.717, 1.165) is 6.07 Å². The van der Waals surface area contributed by atoms with Crippen molar-refractivity contribution in [2.45, 2.75) is 6.92 Å². The first-order chi connectivity index (χ1) is 11.4. The van der Waals surface area contributed by atoms with Crippen molar-refractivity contribution in [1.82, 2.24) is 4.98 Å². The fraction of sp³-hybridized carbons (Fsp3) is 0.0588. The standard InChI is InChI=1S/C17H10Cl2FNO3/c1-8(22)24-17-11-4-3-10(18)7-14(11)21-15(17)16(23)9-2-5-12(19)13(20)6-9/h2-7,21H,1H3. The van der Waals surface area contributed by atoms with Crippen molar-refractivity contribution in [3.8, 4) is 5.75 Å². The highest BCUT2D eigenvalue weighted by Crippen LogP contribution is 2.33. The maximum absolute atomic E-state index is 13.6. The van der Waals surface area contributed by atoms with Gasteiger partial charge in [-0.15, -0.1) is 0 Å². The molecule has 1 heterocycles. The molecule has 0 radical (unpaired) electrons. The van der Waals surface area contributed by atoms with Crippen LogP contribution in [-0.2, 0) is 4.79 Å². The molecule has 0 saturated carbocycles. The summed E-state index contributed by atoms with van der Waals surface area (Å²) in [6.07, 6.45) is 0. The number of H-pyrrole nitrogens is 1. The molecule has 122 valence electrons. The molecular formula is C17H10Cl2FNO3. The van der Waals surface area contributed by atoms with Crippen molar-refractivity contribution in [3.05, 3.63) is 63.5 Å². The van der Waals surface area contributed by atoms with Gasteiger partial charge in [0.25, 0.3) is 0 Å². The van der Waals surface area contributed by atoms with E-state index in [1.807, 2.05) is 0 Å². The number of benzene rings is 2. The Kier molecular flexibility index (Phi) is 4.30. The molecule has 0 aliphatic carbocycles. The summed E-state index contributed by atoms with van der Waals surface area (Å²) < 4.78 is 18.8. The molecule has 1 N–H and O–H groups in total. The first kappa shape index (κ1) is 16.5. The number of nitrogens with one attached hydrogen (secondary N) is 1. The number of ketones is 1. The molecule has 0 unspecified atom stereocenters. The molecule has 24 heavy (non-hydrogen) atoms. The lowest BCUT2D eigenvalue weighted by atomic mass is 10.1. The number of hydrogen-bond donors (Lipinski definition) is 1. The number of rotatable bonds is 3. The molecule has 0 amide bonds. The Labute approximate surface area is 146 Å². The Morgan fingerprint density at radius 2 is 1.88 bits per heavy atom. The monoisotopic (exact) mass is 365 g/mol. The van der Waals surface area contributed by atoms with Gasteiger partial charge in [-0.05, 0) is 36.4 Å². The van der Waals surface area contributed by atoms with Crippen molar-refractivity contribution in [2.75, 3.05) is 0 Å². The minimum atomic E-state index is -0.712. The maximum atomic E-state index is 13.6. The van der Waals surface area contributed by atoms with E-state index in [9.17, 15) is 14.0 Å². The molecule has 3 rings (SSSR count). The number of hydrogen-bond acceptors (Lipinski definition) is 3. The van der Waals surface area contributed by atoms with Crippen LogP contribution < -0.4 is 4.74 Å². The molecule has 0 aliphatic rings. The molecule has 0 spiro atoms. The molecule has 0 fully saturated rings. The number of carbonyl (C=O) groups is 2. The fourth-order valence-corrected chi connectivity index (χ4v) is 2.62. The zero-order valence-corrected chi connectivity index (χ0v) is 13.8. The second kappa shape index (κ2) is 6.26. The molecule has 0 aliphatic heterocycles. The van der Waals surface area contributed by atoms with Crippen molar-refractivity contribution in [2.24, 2.45) is 0 Å². The number of aromatic nitrogens is 1. The summed E-state index contributed by atoms with van der Waals surface area (Å²) in [5.41, 5.74) is 0.628. The fourth-order valence-electron chi connectivity index (χ4n) is 2.34. The third kappa shape index (κ3) is 3.00. The highest BCUT2D eigenvalue weighted by molar-refractivity contribution is 6.31. The average Bonchev–Trinajstić information content (AvgIpc) is 2.86. The number of fused-ring (bicyclic) bond motifs is 1. The van der Waals surface area contributed by atoms with Gasteiger partial charge in [0.15, 0.2) is 5.75 Å². The quantitative estimate of drug-likeness (QED) is 0.537. The van der Waals surface area contributed by atoms with Gasteiger partial charge in [-0.1, -0.05) is 23.2 Å². The molecule has 2 aromatic carbocycles. The lowest BCUT2D eigenvalue weighted by Crippen LogP contribution is -2.08. The molecular weight excluding hydrogens is 356 g/mol. The van der Waals surface area contributed by atoms with E-state index < -0.39 is 17.6 Å². The second-order valence-corrected chi connectivity index (χ2v) is 5.91. The number of halogens is 3. The second-order valence-electron chi connectivity index (χ2n) is 5.07. The first-order valence-corrected chi connectivity index (χ1v) is 7.62. The predicted molar refractivity (Wildman–Crippen MR) is 89.5 cm³/mol. The van der Waals surface area contributed by atoms with Gasteiger partial charge in [0.1, 0.15) is 11.5 Å². The minimum Gasteiger partial charge on any atom is -0.424 e. The maximum Gasteiger partial charge on any atom is 0.308 e. The topological polar surface area (TPSA) is 59.2 Å². The Morgan fingerprint density at radius 3 is 2.54 bits per heavy atom. The van der Waals surface area contributed by atoms with Crippen molar-refractivity contribution in [3.63, 3.8) is 0 Å². The number of ether oxygens (including phenoxy) is 1. The molecule has 0 atom stereocenters. The molecule has 0 bridgehead atoms. The van der Waals surface area contributed by atoms with E-state index in [1.165, 1.54) is 19.1 Å². The Bertz CT molecular complexity index is 981. The Balaban J connectivity index is 2.18. The van der Waals surface area contributed by atoms with Crippen LogP contribution in [0.1, 0.15) is 23.0 Å². The molecule has 7 heteroatoms. The van der Waals surface area contributed by atoms with Gasteiger partial charge in [-0.25, -0.2) is 4.39 Å². The van der Waals surface area contributed by atoms with Crippen molar-refractivity contribution < 1.29 is 18.7 Å². The number of aromatic amines is 1. The third-order valence-corrected chi connectivity index (χ3v) is 3.91. The lowest BCUT2D eigenvalue weighted by Gasteiger charge is -2.05. The summed E-state index contributed by atoms with van der Waals surface area (Å²) >= 11 is 11.6. The predicted octanol–water partition coefficient (Wildman–Crippen LogP) is 4.77. The summed E-state index contributed by atoms with van der Waals surface area (Å²) in [5, 5.41) is 0.886. The van der Waals surface area contributed by atoms with Gasteiger partial charge in [-0.2, -0.15) is 0 Å². The normalized spacial score (nSPS) is 10.8. The van der Waals surface area contributed by atoms with Crippen LogP contribution in [0.5, 0.6) is 5.75 Å². The van der Waals surface area contributed by atoms with Crippen LogP contribution in [0.2, 0.25) is 10.0 Å². The third-order valence-electron chi connectivity index (χ3n) is 3.37. The van der Waals surface area contributed by atoms with E-state index in [0.29, 0.717) is 15.9 Å². The van der Waals surface area contributed by atoms with Gasteiger partial charge in [0, 0.05) is 22.9 Å². The van der Waals surface area contributed by atoms with Crippen LogP contribution in [0.3, 0.4) is 0 Å². The zero-order chi connectivity index (χ0) is 17.4. The lowest BCUT2D eigenvalue weighted by molar-refractivity contribution is -0.131. The van der Waals surface area contributed by atoms with E-state index >= 15 is 0 Å². The average molecular weight is 366 g/mol. The summed E-state index contributed by atoms with van der Waals surface area (Å²) in [4.78, 5) is 27.0. The Hall–Kier alpha value is -2.37. The summed E-state index contributed by atoms with van der Waals surface area (Å²) in [5.74, 6) is -1.75. The van der Waals surface area contributed by atoms with Crippen LogP contribution in [0.25, 0.3) is 10.9 Å². The van der Waals surface area contributed by atoms with Gasteiger partial charge < -0.3 is 9.72 Å². The Morgan fingerprint density at radius 1 is 1.12 bits per heavy atom. The van der Waals surface area contributed by atoms with E-state index in [-0.39, 0.29) is 22.0 Å². The molecule has 1 aromatic heterocycles. The summed E-state index contributed by atoms with van der Waals surface area (Å²) in [6, 6.07) is 8.55. The van der Waals surface area contributed by atoms with Gasteiger partial charge in [-0.3, -0.25) is 9.59 Å². The highest BCUT2D eigenvalue weighted by Gasteiger charge is 2.22. The smallest absolute Gasteiger partial charge is 0.308 e. The van der Waals surface area contributed by atoms with Crippen LogP contribution >= 0.6 is 23.2 Å². The largest absolute Gasteiger partial charge is 0.424 e. The first-order valence-electron chi connectivity index (χ1n) is 6.86. The van der Waals surface area contributed by atoms with Crippen LogP contribution in [-0.4, -0.2) is 16.7 Å². The zero-order valence-electron chi connectivity index (χ0n) is 12.3. The van der Waals surface area contributed by atoms with Gasteiger partial charge in [0.2, 0.25) is 5.78 Å².